The zero-order chi connectivity index (χ0) is 19.6. The molecule has 1 atom stereocenters. The normalized spacial score (nSPS) is 17.4. The fourth-order valence-corrected chi connectivity index (χ4v) is 3.34. The van der Waals surface area contributed by atoms with Crippen LogP contribution >= 0.6 is 0 Å². The minimum absolute atomic E-state index is 0.0210. The van der Waals surface area contributed by atoms with Gasteiger partial charge in [0.05, 0.1) is 13.7 Å². The van der Waals surface area contributed by atoms with Gasteiger partial charge in [0, 0.05) is 32.1 Å². The van der Waals surface area contributed by atoms with Crippen LogP contribution in [0.25, 0.3) is 0 Å². The monoisotopic (exact) mass is 375 g/mol. The first kappa shape index (κ1) is 19.1. The van der Waals surface area contributed by atoms with Crippen molar-refractivity contribution in [3.05, 3.63) is 40.0 Å². The summed E-state index contributed by atoms with van der Waals surface area (Å²) in [4.78, 5) is 28.4. The molecule has 0 aromatic carbocycles. The summed E-state index contributed by atoms with van der Waals surface area (Å²) in [5, 5.41) is 8.64. The first-order valence-electron chi connectivity index (χ1n) is 8.89. The van der Waals surface area contributed by atoms with Crippen LogP contribution in [0, 0.1) is 0 Å². The average Bonchev–Trinajstić information content (AvgIpc) is 3.01. The summed E-state index contributed by atoms with van der Waals surface area (Å²) in [5.41, 5.74) is -0.373. The molecule has 3 rings (SSSR count). The summed E-state index contributed by atoms with van der Waals surface area (Å²) >= 11 is 0. The number of rotatable bonds is 5. The van der Waals surface area contributed by atoms with Crippen LogP contribution in [0.3, 0.4) is 0 Å². The molecule has 0 saturated carbocycles. The molecule has 1 amide bonds. The number of amides is 1. The van der Waals surface area contributed by atoms with E-state index in [1.165, 1.54) is 19.4 Å². The molecule has 0 spiro atoms. The molecule has 0 aliphatic carbocycles. The van der Waals surface area contributed by atoms with Gasteiger partial charge in [0.25, 0.3) is 5.91 Å². The van der Waals surface area contributed by atoms with E-state index in [4.69, 9.17) is 9.15 Å². The first-order chi connectivity index (χ1) is 12.9. The fourth-order valence-electron chi connectivity index (χ4n) is 3.34. The lowest BCUT2D eigenvalue weighted by atomic mass is 9.97. The molecule has 0 bridgehead atoms. The maximum atomic E-state index is 12.8. The van der Waals surface area contributed by atoms with E-state index in [0.29, 0.717) is 19.6 Å². The highest BCUT2D eigenvalue weighted by Crippen LogP contribution is 2.27. The van der Waals surface area contributed by atoms with Crippen LogP contribution in [-0.4, -0.2) is 64.8 Å². The molecule has 0 unspecified atom stereocenters. The number of hydrogen-bond acceptors (Lipinski definition) is 7. The summed E-state index contributed by atoms with van der Waals surface area (Å²) in [6, 6.07) is 1.18. The second-order valence-corrected chi connectivity index (χ2v) is 7.04. The Morgan fingerprint density at radius 1 is 1.41 bits per heavy atom. The quantitative estimate of drug-likeness (QED) is 0.765. The second-order valence-electron chi connectivity index (χ2n) is 7.04. The van der Waals surface area contributed by atoms with Crippen molar-refractivity contribution in [1.29, 1.82) is 0 Å². The number of carbonyl (C=O) groups excluding carboxylic acids is 1. The number of carbonyl (C=O) groups is 1. The zero-order valence-corrected chi connectivity index (χ0v) is 16.1. The smallest absolute Gasteiger partial charge is 0.289 e. The van der Waals surface area contributed by atoms with E-state index in [1.807, 2.05) is 30.6 Å². The van der Waals surface area contributed by atoms with E-state index in [1.54, 1.807) is 4.90 Å². The van der Waals surface area contributed by atoms with Crippen LogP contribution in [0.15, 0.2) is 21.5 Å². The zero-order valence-electron chi connectivity index (χ0n) is 16.1. The van der Waals surface area contributed by atoms with Gasteiger partial charge in [-0.3, -0.25) is 9.59 Å². The molecule has 0 N–H and O–H groups in total. The standard InChI is InChI=1S/C18H25N5O4/c1-21(2)10-16-19-20-17(22(16)3)12-6-5-7-23(9-12)18(25)14-8-13(24)15(26-4)11-27-14/h8,11-12H,5-7,9-10H2,1-4H3/t12-/m0/s1. The van der Waals surface area contributed by atoms with Gasteiger partial charge in [0.15, 0.2) is 5.76 Å². The molecule has 2 aromatic rings. The van der Waals surface area contributed by atoms with Gasteiger partial charge < -0.3 is 23.5 Å². The van der Waals surface area contributed by atoms with Gasteiger partial charge in [-0.25, -0.2) is 0 Å². The Bertz CT molecular complexity index is 873. The van der Waals surface area contributed by atoms with Crippen molar-refractivity contribution in [3.63, 3.8) is 0 Å². The molecule has 1 aliphatic rings. The van der Waals surface area contributed by atoms with E-state index in [0.717, 1.165) is 24.5 Å². The van der Waals surface area contributed by atoms with E-state index in [9.17, 15) is 9.59 Å². The Hall–Kier alpha value is -2.68. The maximum absolute atomic E-state index is 12.8. The Morgan fingerprint density at radius 3 is 2.85 bits per heavy atom. The van der Waals surface area contributed by atoms with Gasteiger partial charge in [-0.1, -0.05) is 0 Å². The number of methoxy groups -OCH3 is 1. The van der Waals surface area contributed by atoms with Crippen molar-refractivity contribution >= 4 is 5.91 Å². The molecule has 3 heterocycles. The molecule has 9 heteroatoms. The Balaban J connectivity index is 1.76. The number of ether oxygens (including phenoxy) is 1. The molecule has 1 fully saturated rings. The summed E-state index contributed by atoms with van der Waals surface area (Å²) in [6.07, 6.45) is 2.96. The molecular weight excluding hydrogens is 350 g/mol. The molecule has 1 aliphatic heterocycles. The fraction of sp³-hybridized carbons (Fsp3) is 0.556. The molecule has 1 saturated heterocycles. The number of piperidine rings is 1. The second kappa shape index (κ2) is 7.91. The van der Waals surface area contributed by atoms with E-state index < -0.39 is 0 Å². The van der Waals surface area contributed by atoms with Crippen LogP contribution < -0.4 is 10.2 Å². The first-order valence-corrected chi connectivity index (χ1v) is 8.89. The van der Waals surface area contributed by atoms with Crippen molar-refractivity contribution in [3.8, 4) is 5.75 Å². The van der Waals surface area contributed by atoms with Gasteiger partial charge in [0.2, 0.25) is 11.2 Å². The van der Waals surface area contributed by atoms with Gasteiger partial charge >= 0.3 is 0 Å². The van der Waals surface area contributed by atoms with Crippen molar-refractivity contribution in [1.82, 2.24) is 24.6 Å². The van der Waals surface area contributed by atoms with Crippen molar-refractivity contribution in [2.45, 2.75) is 25.3 Å². The molecule has 2 aromatic heterocycles. The van der Waals surface area contributed by atoms with Crippen molar-refractivity contribution < 1.29 is 13.9 Å². The third kappa shape index (κ3) is 4.02. The predicted octanol–water partition coefficient (Wildman–Crippen LogP) is 0.858. The summed E-state index contributed by atoms with van der Waals surface area (Å²) < 4.78 is 12.2. The Morgan fingerprint density at radius 2 is 2.19 bits per heavy atom. The van der Waals surface area contributed by atoms with E-state index in [-0.39, 0.29) is 28.8 Å². The van der Waals surface area contributed by atoms with Gasteiger partial charge in [0.1, 0.15) is 17.9 Å². The number of nitrogens with zero attached hydrogens (tertiary/aromatic N) is 5. The third-order valence-corrected chi connectivity index (χ3v) is 4.76. The van der Waals surface area contributed by atoms with E-state index in [2.05, 4.69) is 10.2 Å². The third-order valence-electron chi connectivity index (χ3n) is 4.76. The highest BCUT2D eigenvalue weighted by molar-refractivity contribution is 5.91. The molecular formula is C18H25N5O4. The van der Waals surface area contributed by atoms with E-state index >= 15 is 0 Å². The minimum Gasteiger partial charge on any atom is -0.490 e. The van der Waals surface area contributed by atoms with Crippen molar-refractivity contribution in [2.75, 3.05) is 34.3 Å². The lowest BCUT2D eigenvalue weighted by Gasteiger charge is -2.31. The Labute approximate surface area is 157 Å². The predicted molar refractivity (Wildman–Crippen MR) is 97.8 cm³/mol. The SMILES string of the molecule is COc1coc(C(=O)N2CCC[C@H](c3nnc(CN(C)C)n3C)C2)cc1=O. The van der Waals surface area contributed by atoms with Crippen LogP contribution in [-0.2, 0) is 13.6 Å². The van der Waals surface area contributed by atoms with Gasteiger partial charge in [-0.15, -0.1) is 10.2 Å². The van der Waals surface area contributed by atoms with Crippen LogP contribution in [0.4, 0.5) is 0 Å². The number of likely N-dealkylation sites (tertiary alicyclic amines) is 1. The molecule has 9 nitrogen and oxygen atoms in total. The largest absolute Gasteiger partial charge is 0.490 e. The minimum atomic E-state index is -0.373. The van der Waals surface area contributed by atoms with Crippen LogP contribution in [0.1, 0.15) is 41.0 Å². The molecule has 0 radical (unpaired) electrons. The summed E-state index contributed by atoms with van der Waals surface area (Å²) in [5.74, 6) is 1.67. The highest BCUT2D eigenvalue weighted by atomic mass is 16.5. The highest BCUT2D eigenvalue weighted by Gasteiger charge is 2.30. The summed E-state index contributed by atoms with van der Waals surface area (Å²) in [7, 11) is 7.31. The average molecular weight is 375 g/mol. The summed E-state index contributed by atoms with van der Waals surface area (Å²) in [6.45, 7) is 1.84. The number of aromatic nitrogens is 3. The lowest BCUT2D eigenvalue weighted by molar-refractivity contribution is 0.0667. The van der Waals surface area contributed by atoms with Crippen LogP contribution in [0.2, 0.25) is 0 Å². The maximum Gasteiger partial charge on any atom is 0.289 e. The molecule has 27 heavy (non-hydrogen) atoms. The lowest BCUT2D eigenvalue weighted by Crippen LogP contribution is -2.40. The Kier molecular flexibility index (Phi) is 5.59. The van der Waals surface area contributed by atoms with Crippen molar-refractivity contribution in [2.24, 2.45) is 7.05 Å². The number of hydrogen-bond donors (Lipinski definition) is 0. The van der Waals surface area contributed by atoms with Crippen LogP contribution in [0.5, 0.6) is 5.75 Å². The van der Waals surface area contributed by atoms with Gasteiger partial charge in [-0.2, -0.15) is 0 Å². The molecule has 146 valence electrons. The topological polar surface area (TPSA) is 93.7 Å². The van der Waals surface area contributed by atoms with Gasteiger partial charge in [-0.05, 0) is 26.9 Å².